The van der Waals surface area contributed by atoms with Gasteiger partial charge in [0.15, 0.2) is 23.0 Å². The van der Waals surface area contributed by atoms with Crippen LogP contribution in [0.1, 0.15) is 46.7 Å². The monoisotopic (exact) mass is 443 g/mol. The number of benzene rings is 3. The van der Waals surface area contributed by atoms with Gasteiger partial charge in [-0.2, -0.15) is 0 Å². The van der Waals surface area contributed by atoms with Gasteiger partial charge in [0.05, 0.1) is 13.2 Å². The highest BCUT2D eigenvalue weighted by atomic mass is 16.7. The highest BCUT2D eigenvalue weighted by Crippen LogP contribution is 2.40. The summed E-state index contributed by atoms with van der Waals surface area (Å²) in [6, 6.07) is 18.6. The van der Waals surface area contributed by atoms with Crippen LogP contribution in [-0.4, -0.2) is 20.4 Å². The van der Waals surface area contributed by atoms with E-state index in [-0.39, 0.29) is 12.8 Å². The summed E-state index contributed by atoms with van der Waals surface area (Å²) >= 11 is 0. The first-order valence-corrected chi connectivity index (χ1v) is 11.3. The van der Waals surface area contributed by atoms with E-state index < -0.39 is 0 Å². The second-order valence-electron chi connectivity index (χ2n) is 8.61. The van der Waals surface area contributed by atoms with Crippen molar-refractivity contribution in [3.8, 4) is 23.0 Å². The lowest BCUT2D eigenvalue weighted by Gasteiger charge is -2.30. The third-order valence-corrected chi connectivity index (χ3v) is 6.35. The van der Waals surface area contributed by atoms with Gasteiger partial charge in [-0.05, 0) is 64.9 Å². The summed E-state index contributed by atoms with van der Waals surface area (Å²) < 4.78 is 22.9. The fourth-order valence-corrected chi connectivity index (χ4v) is 4.43. The van der Waals surface area contributed by atoms with Crippen molar-refractivity contribution in [2.45, 2.75) is 32.4 Å². The second-order valence-corrected chi connectivity index (χ2v) is 8.61. The van der Waals surface area contributed by atoms with Gasteiger partial charge in [0, 0.05) is 6.54 Å². The predicted octanol–water partition coefficient (Wildman–Crippen LogP) is 5.77. The molecule has 2 heterocycles. The van der Waals surface area contributed by atoms with Crippen LogP contribution >= 0.6 is 0 Å². The van der Waals surface area contributed by atoms with E-state index in [0.717, 1.165) is 46.2 Å². The molecule has 2 unspecified atom stereocenters. The number of hydrogen-bond donors (Lipinski definition) is 1. The smallest absolute Gasteiger partial charge is 0.231 e. The minimum atomic E-state index is 0.0816. The Morgan fingerprint density at radius 3 is 2.55 bits per heavy atom. The van der Waals surface area contributed by atoms with E-state index in [1.165, 1.54) is 11.1 Å². The highest BCUT2D eigenvalue weighted by Gasteiger charge is 2.25. The standard InChI is InChI=1S/C28H29NO4/c1-18-11-26-27(33-17-32-26)12-21(18)9-10-24-23-14-25(30-3)28(13-22(23)19(2)15-29-24)31-16-20-7-5-4-6-8-20/h4-14,19,24,29H,15-17H2,1-3H3/b10-9+. The average Bonchev–Trinajstić information content (AvgIpc) is 3.29. The fraction of sp³-hybridized carbons (Fsp3) is 0.286. The van der Waals surface area contributed by atoms with Gasteiger partial charge in [0.2, 0.25) is 6.79 Å². The summed E-state index contributed by atoms with van der Waals surface area (Å²) in [4.78, 5) is 0. The van der Waals surface area contributed by atoms with Crippen molar-refractivity contribution in [3.63, 3.8) is 0 Å². The molecule has 3 aromatic carbocycles. The highest BCUT2D eigenvalue weighted by molar-refractivity contribution is 5.62. The molecule has 0 saturated carbocycles. The molecular formula is C28H29NO4. The molecule has 0 radical (unpaired) electrons. The van der Waals surface area contributed by atoms with Gasteiger partial charge in [-0.25, -0.2) is 0 Å². The molecular weight excluding hydrogens is 414 g/mol. The third-order valence-electron chi connectivity index (χ3n) is 6.35. The quantitative estimate of drug-likeness (QED) is 0.524. The molecule has 2 atom stereocenters. The Bertz CT molecular complexity index is 1170. The maximum atomic E-state index is 6.16. The Morgan fingerprint density at radius 1 is 1.00 bits per heavy atom. The molecule has 5 nitrogen and oxygen atoms in total. The van der Waals surface area contributed by atoms with Crippen LogP contribution in [0.5, 0.6) is 23.0 Å². The Hall–Kier alpha value is -3.44. The minimum absolute atomic E-state index is 0.0816. The maximum absolute atomic E-state index is 6.16. The molecule has 0 aromatic heterocycles. The molecule has 5 heteroatoms. The Labute approximate surface area is 194 Å². The first-order chi connectivity index (χ1) is 16.1. The predicted molar refractivity (Wildman–Crippen MR) is 129 cm³/mol. The molecule has 33 heavy (non-hydrogen) atoms. The lowest BCUT2D eigenvalue weighted by molar-refractivity contribution is 0.174. The van der Waals surface area contributed by atoms with Gasteiger partial charge < -0.3 is 24.3 Å². The van der Waals surface area contributed by atoms with E-state index in [2.05, 4.69) is 55.6 Å². The summed E-state index contributed by atoms with van der Waals surface area (Å²) in [5, 5.41) is 3.66. The van der Waals surface area contributed by atoms with Gasteiger partial charge in [-0.3, -0.25) is 0 Å². The molecule has 0 spiro atoms. The van der Waals surface area contributed by atoms with E-state index in [4.69, 9.17) is 18.9 Å². The number of ether oxygens (including phenoxy) is 4. The van der Waals surface area contributed by atoms with Crippen LogP contribution in [0.3, 0.4) is 0 Å². The van der Waals surface area contributed by atoms with Crippen molar-refractivity contribution in [3.05, 3.63) is 88.5 Å². The van der Waals surface area contributed by atoms with E-state index in [1.807, 2.05) is 30.3 Å². The molecule has 0 bridgehead atoms. The van der Waals surface area contributed by atoms with E-state index >= 15 is 0 Å². The first-order valence-electron chi connectivity index (χ1n) is 11.3. The summed E-state index contributed by atoms with van der Waals surface area (Å²) in [6.45, 7) is 6.01. The third kappa shape index (κ3) is 4.41. The van der Waals surface area contributed by atoms with Gasteiger partial charge in [-0.1, -0.05) is 49.4 Å². The van der Waals surface area contributed by atoms with Crippen LogP contribution in [-0.2, 0) is 6.61 Å². The minimum Gasteiger partial charge on any atom is -0.493 e. The van der Waals surface area contributed by atoms with Crippen LogP contribution < -0.4 is 24.3 Å². The number of methoxy groups -OCH3 is 1. The Morgan fingerprint density at radius 2 is 1.76 bits per heavy atom. The van der Waals surface area contributed by atoms with Crippen molar-refractivity contribution >= 4 is 6.08 Å². The van der Waals surface area contributed by atoms with Crippen molar-refractivity contribution < 1.29 is 18.9 Å². The molecule has 0 amide bonds. The number of nitrogens with one attached hydrogen (secondary N) is 1. The number of rotatable bonds is 6. The molecule has 0 saturated heterocycles. The first kappa shape index (κ1) is 21.4. The zero-order valence-corrected chi connectivity index (χ0v) is 19.3. The van der Waals surface area contributed by atoms with Gasteiger partial charge in [-0.15, -0.1) is 0 Å². The normalized spacial score (nSPS) is 18.9. The summed E-state index contributed by atoms with van der Waals surface area (Å²) in [5.74, 6) is 3.52. The molecule has 0 aliphatic carbocycles. The van der Waals surface area contributed by atoms with Gasteiger partial charge >= 0.3 is 0 Å². The van der Waals surface area contributed by atoms with Gasteiger partial charge in [0.1, 0.15) is 6.61 Å². The summed E-state index contributed by atoms with van der Waals surface area (Å²) in [7, 11) is 1.69. The molecule has 3 aromatic rings. The Balaban J connectivity index is 1.42. The van der Waals surface area contributed by atoms with Gasteiger partial charge in [0.25, 0.3) is 0 Å². The zero-order valence-electron chi connectivity index (χ0n) is 19.3. The van der Waals surface area contributed by atoms with E-state index in [0.29, 0.717) is 12.5 Å². The molecule has 170 valence electrons. The number of hydrogen-bond acceptors (Lipinski definition) is 5. The van der Waals surface area contributed by atoms with Crippen molar-refractivity contribution in [2.75, 3.05) is 20.4 Å². The number of aryl methyl sites for hydroxylation is 1. The molecule has 2 aliphatic heterocycles. The van der Waals surface area contributed by atoms with Crippen molar-refractivity contribution in [2.24, 2.45) is 0 Å². The van der Waals surface area contributed by atoms with Crippen LogP contribution in [0, 0.1) is 6.92 Å². The van der Waals surface area contributed by atoms with Crippen LogP contribution in [0.15, 0.2) is 60.7 Å². The molecule has 1 N–H and O–H groups in total. The molecule has 5 rings (SSSR count). The fourth-order valence-electron chi connectivity index (χ4n) is 4.43. The SMILES string of the molecule is COc1cc2c(cc1OCc1ccccc1)C(C)CNC2/C=C/c1cc2c(cc1C)OCO2. The summed E-state index contributed by atoms with van der Waals surface area (Å²) in [5.41, 5.74) is 5.91. The largest absolute Gasteiger partial charge is 0.493 e. The summed E-state index contributed by atoms with van der Waals surface area (Å²) in [6.07, 6.45) is 4.36. The second kappa shape index (κ2) is 9.20. The zero-order chi connectivity index (χ0) is 22.8. The lowest BCUT2D eigenvalue weighted by atomic mass is 9.86. The van der Waals surface area contributed by atoms with Crippen LogP contribution in [0.2, 0.25) is 0 Å². The number of fused-ring (bicyclic) bond motifs is 2. The lowest BCUT2D eigenvalue weighted by Crippen LogP contribution is -2.31. The van der Waals surface area contributed by atoms with Crippen molar-refractivity contribution in [1.82, 2.24) is 5.32 Å². The van der Waals surface area contributed by atoms with Crippen LogP contribution in [0.25, 0.3) is 6.08 Å². The van der Waals surface area contributed by atoms with E-state index in [9.17, 15) is 0 Å². The van der Waals surface area contributed by atoms with Crippen molar-refractivity contribution in [1.29, 1.82) is 0 Å². The van der Waals surface area contributed by atoms with E-state index in [1.54, 1.807) is 7.11 Å². The molecule has 0 fully saturated rings. The average molecular weight is 444 g/mol. The molecule has 2 aliphatic rings. The topological polar surface area (TPSA) is 49.0 Å². The Kier molecular flexibility index (Phi) is 5.97. The maximum Gasteiger partial charge on any atom is 0.231 e. The van der Waals surface area contributed by atoms with Crippen LogP contribution in [0.4, 0.5) is 0 Å².